The Labute approximate surface area is 267 Å². The van der Waals surface area contributed by atoms with Crippen molar-refractivity contribution < 1.29 is 29.3 Å². The summed E-state index contributed by atoms with van der Waals surface area (Å²) in [5.74, 6) is -0.915. The van der Waals surface area contributed by atoms with E-state index in [1.165, 1.54) is 0 Å². The summed E-state index contributed by atoms with van der Waals surface area (Å²) in [5.41, 5.74) is 2.51. The number of phenols is 1. The van der Waals surface area contributed by atoms with E-state index in [0.29, 0.717) is 11.5 Å². The number of hydrogen-bond donors (Lipinski definition) is 2. The zero-order valence-corrected chi connectivity index (χ0v) is 30.2. The molecule has 8 heteroatoms. The topological polar surface area (TPSA) is 93.1 Å². The first-order chi connectivity index (χ1) is 19.2. The van der Waals surface area contributed by atoms with Crippen molar-refractivity contribution in [2.24, 2.45) is 0 Å². The highest BCUT2D eigenvalue weighted by Crippen LogP contribution is 2.52. The number of rotatable bonds is 9. The normalized spacial score (nSPS) is 13.3. The number of esters is 1. The van der Waals surface area contributed by atoms with Crippen LogP contribution in [0.5, 0.6) is 11.5 Å². The van der Waals surface area contributed by atoms with E-state index in [2.05, 4.69) is 115 Å². The Morgan fingerprint density at radius 1 is 0.698 bits per heavy atom. The van der Waals surface area contributed by atoms with E-state index in [1.807, 2.05) is 6.07 Å². The molecule has 2 aromatic rings. The Bertz CT molecular complexity index is 1300. The van der Waals surface area contributed by atoms with E-state index in [-0.39, 0.29) is 25.7 Å². The van der Waals surface area contributed by atoms with Crippen LogP contribution in [0.4, 0.5) is 0 Å². The van der Waals surface area contributed by atoms with Gasteiger partial charge in [0.2, 0.25) is 0 Å². The Morgan fingerprint density at radius 3 is 1.60 bits per heavy atom. The van der Waals surface area contributed by atoms with Crippen LogP contribution < -0.4 is 4.74 Å². The maximum Gasteiger partial charge on any atom is 0.337 e. The van der Waals surface area contributed by atoms with Crippen LogP contribution in [0.15, 0.2) is 34.1 Å². The van der Waals surface area contributed by atoms with E-state index in [1.54, 1.807) is 23.5 Å². The fraction of sp³-hybridized carbons (Fsp3) is 0.600. The van der Waals surface area contributed by atoms with E-state index >= 15 is 0 Å². The maximum atomic E-state index is 12.9. The Balaban J connectivity index is 2.63. The number of carbonyl (C=O) groups is 2. The number of aromatic hydroxyl groups is 1. The number of carbonyl (C=O) groups excluding carboxylic acids is 1. The Morgan fingerprint density at radius 2 is 1.19 bits per heavy atom. The first-order valence-corrected chi connectivity index (χ1v) is 16.3. The molecule has 0 aliphatic heterocycles. The van der Waals surface area contributed by atoms with Crippen LogP contribution in [0.3, 0.4) is 0 Å². The molecular weight excluding hydrogens is 581 g/mol. The fourth-order valence-electron chi connectivity index (χ4n) is 4.80. The third kappa shape index (κ3) is 10.2. The molecule has 43 heavy (non-hydrogen) atoms. The number of carboxylic acids is 1. The summed E-state index contributed by atoms with van der Waals surface area (Å²) in [4.78, 5) is 25.8. The Hall–Kier alpha value is -2.16. The van der Waals surface area contributed by atoms with Gasteiger partial charge in [-0.1, -0.05) is 89.2 Å². The first kappa shape index (κ1) is 37.0. The summed E-state index contributed by atoms with van der Waals surface area (Å²) < 4.78 is 10.7. The predicted octanol–water partition coefficient (Wildman–Crippen LogP) is 9.21. The summed E-state index contributed by atoms with van der Waals surface area (Å²) in [7, 11) is 0. The van der Waals surface area contributed by atoms with Crippen molar-refractivity contribution in [3.05, 3.63) is 46.5 Å². The molecule has 0 saturated carbocycles. The molecule has 0 saturated heterocycles. The quantitative estimate of drug-likeness (QED) is 0.122. The monoisotopic (exact) mass is 632 g/mol. The second-order valence-corrected chi connectivity index (χ2v) is 19.3. The van der Waals surface area contributed by atoms with Crippen LogP contribution in [0.1, 0.15) is 119 Å². The maximum absolute atomic E-state index is 12.9. The van der Waals surface area contributed by atoms with Gasteiger partial charge in [-0.3, -0.25) is 0 Å². The number of aliphatic carboxylic acids is 1. The van der Waals surface area contributed by atoms with E-state index < -0.39 is 25.2 Å². The average molecular weight is 633 g/mol. The smallest absolute Gasteiger partial charge is 0.337 e. The van der Waals surface area contributed by atoms with Crippen LogP contribution in [0.2, 0.25) is 0 Å². The standard InChI is InChI=1S/C35H52O6S2/c1-31(2,3)22-15-16-25(28(34(10,11)12)30(22)41-27(38)20-40-19-26(36)37)43-35(13,14)42-21-17-23(32(4,5)6)29(39)24(18-21)33(7,8)9/h15-18,39H,19-20H2,1-14H3,(H,36,37). The minimum absolute atomic E-state index is 0.229. The van der Waals surface area contributed by atoms with Gasteiger partial charge < -0.3 is 19.7 Å². The molecule has 2 N–H and O–H groups in total. The third-order valence-electron chi connectivity index (χ3n) is 6.76. The summed E-state index contributed by atoms with van der Waals surface area (Å²) >= 11 is 3.45. The van der Waals surface area contributed by atoms with Crippen molar-refractivity contribution in [1.82, 2.24) is 0 Å². The molecule has 0 atom stereocenters. The SMILES string of the molecule is CC(C)(Sc1cc(C(C)(C)C)c(O)c(C(C)(C)C)c1)Sc1ccc(C(C)(C)C)c(OC(=O)COCC(=O)O)c1C(C)(C)C. The van der Waals surface area contributed by atoms with Crippen LogP contribution in [-0.4, -0.2) is 39.4 Å². The van der Waals surface area contributed by atoms with Crippen molar-refractivity contribution in [3.8, 4) is 11.5 Å². The second kappa shape index (κ2) is 13.1. The van der Waals surface area contributed by atoms with Crippen molar-refractivity contribution in [1.29, 1.82) is 0 Å². The highest BCUT2D eigenvalue weighted by atomic mass is 32.2. The van der Waals surface area contributed by atoms with Gasteiger partial charge in [-0.05, 0) is 53.7 Å². The van der Waals surface area contributed by atoms with E-state index in [9.17, 15) is 14.7 Å². The number of benzene rings is 2. The third-order valence-corrected chi connectivity index (χ3v) is 9.27. The van der Waals surface area contributed by atoms with Gasteiger partial charge in [-0.15, -0.1) is 23.5 Å². The molecule has 0 radical (unpaired) electrons. The highest BCUT2D eigenvalue weighted by molar-refractivity contribution is 8.18. The molecule has 6 nitrogen and oxygen atoms in total. The van der Waals surface area contributed by atoms with Gasteiger partial charge in [0.25, 0.3) is 0 Å². The number of phenolic OH excluding ortho intramolecular Hbond substituents is 1. The van der Waals surface area contributed by atoms with Gasteiger partial charge in [0.1, 0.15) is 24.7 Å². The van der Waals surface area contributed by atoms with Gasteiger partial charge in [0.05, 0.1) is 4.08 Å². The zero-order valence-electron chi connectivity index (χ0n) is 28.6. The van der Waals surface area contributed by atoms with Crippen LogP contribution in [0, 0.1) is 0 Å². The van der Waals surface area contributed by atoms with Gasteiger partial charge in [0.15, 0.2) is 0 Å². The van der Waals surface area contributed by atoms with Gasteiger partial charge in [-0.25, -0.2) is 9.59 Å². The second-order valence-electron chi connectivity index (χ2n) is 15.6. The largest absolute Gasteiger partial charge is 0.507 e. The molecule has 0 heterocycles. The van der Waals surface area contributed by atoms with Gasteiger partial charge in [-0.2, -0.15) is 0 Å². The molecule has 2 rings (SSSR count). The van der Waals surface area contributed by atoms with Crippen molar-refractivity contribution in [3.63, 3.8) is 0 Å². The Kier molecular flexibility index (Phi) is 11.2. The van der Waals surface area contributed by atoms with Crippen molar-refractivity contribution in [2.45, 2.75) is 132 Å². The zero-order chi connectivity index (χ0) is 33.3. The molecule has 0 aliphatic rings. The molecule has 0 unspecified atom stereocenters. The average Bonchev–Trinajstić information content (AvgIpc) is 2.76. The molecule has 0 aliphatic carbocycles. The number of carboxylic acid groups (broad SMARTS) is 1. The van der Waals surface area contributed by atoms with Gasteiger partial charge >= 0.3 is 11.9 Å². The van der Waals surface area contributed by atoms with Crippen LogP contribution >= 0.6 is 23.5 Å². The molecular formula is C35H52O6S2. The van der Waals surface area contributed by atoms with Gasteiger partial charge in [0, 0.05) is 32.0 Å². The molecule has 0 fully saturated rings. The van der Waals surface area contributed by atoms with Crippen LogP contribution in [0.25, 0.3) is 0 Å². The minimum atomic E-state index is -1.14. The number of hydrogen-bond acceptors (Lipinski definition) is 7. The van der Waals surface area contributed by atoms with Crippen molar-refractivity contribution >= 4 is 35.5 Å². The molecule has 0 amide bonds. The van der Waals surface area contributed by atoms with E-state index in [0.717, 1.165) is 32.0 Å². The molecule has 240 valence electrons. The summed E-state index contributed by atoms with van der Waals surface area (Å²) in [6, 6.07) is 8.35. The number of ether oxygens (including phenoxy) is 2. The lowest BCUT2D eigenvalue weighted by Gasteiger charge is -2.34. The molecule has 0 bridgehead atoms. The highest BCUT2D eigenvalue weighted by Gasteiger charge is 2.34. The minimum Gasteiger partial charge on any atom is -0.507 e. The fourth-order valence-corrected chi connectivity index (χ4v) is 7.61. The van der Waals surface area contributed by atoms with Crippen molar-refractivity contribution in [2.75, 3.05) is 13.2 Å². The van der Waals surface area contributed by atoms with E-state index in [4.69, 9.17) is 14.6 Å². The summed E-state index contributed by atoms with van der Waals surface area (Å²) in [6.45, 7) is 28.5. The van der Waals surface area contributed by atoms with Crippen LogP contribution in [-0.2, 0) is 36.0 Å². The lowest BCUT2D eigenvalue weighted by molar-refractivity contribution is -0.147. The molecule has 0 aromatic heterocycles. The lowest BCUT2D eigenvalue weighted by Crippen LogP contribution is -2.25. The number of thioether (sulfide) groups is 2. The lowest BCUT2D eigenvalue weighted by atomic mass is 9.79. The molecule has 0 spiro atoms. The summed E-state index contributed by atoms with van der Waals surface area (Å²) in [6.07, 6.45) is 0. The predicted molar refractivity (Wildman–Crippen MR) is 179 cm³/mol. The molecule has 2 aromatic carbocycles. The first-order valence-electron chi connectivity index (χ1n) is 14.7. The summed E-state index contributed by atoms with van der Waals surface area (Å²) in [5, 5.41) is 20.1.